The molecular formula is C19H19N4O4P. The molecule has 2 aromatic carbocycles. The zero-order valence-corrected chi connectivity index (χ0v) is 15.7. The van der Waals surface area contributed by atoms with Gasteiger partial charge in [0.1, 0.15) is 10.8 Å². The predicted octanol–water partition coefficient (Wildman–Crippen LogP) is 2.51. The van der Waals surface area contributed by atoms with Gasteiger partial charge in [-0.25, -0.2) is 4.98 Å². The van der Waals surface area contributed by atoms with E-state index in [0.717, 1.165) is 11.1 Å². The molecule has 0 saturated heterocycles. The van der Waals surface area contributed by atoms with Crippen molar-refractivity contribution in [2.75, 3.05) is 11.5 Å². The topological polar surface area (TPSA) is 141 Å². The van der Waals surface area contributed by atoms with Crippen molar-refractivity contribution in [1.82, 2.24) is 9.55 Å². The van der Waals surface area contributed by atoms with Gasteiger partial charge >= 0.3 is 7.60 Å². The molecule has 9 heteroatoms. The second-order valence-corrected chi connectivity index (χ2v) is 8.05. The van der Waals surface area contributed by atoms with E-state index in [1.807, 2.05) is 41.0 Å². The number of para-hydroxylation sites is 1. The molecule has 2 aromatic heterocycles. The zero-order chi connectivity index (χ0) is 19.9. The minimum absolute atomic E-state index is 0.0384. The lowest BCUT2D eigenvalue weighted by Gasteiger charge is -2.10. The lowest BCUT2D eigenvalue weighted by atomic mass is 10.1. The number of aromatic nitrogens is 2. The average Bonchev–Trinajstić information content (AvgIpc) is 3.25. The summed E-state index contributed by atoms with van der Waals surface area (Å²) in [5.74, 6) is 0.358. The van der Waals surface area contributed by atoms with E-state index in [2.05, 4.69) is 4.98 Å². The van der Waals surface area contributed by atoms with Crippen LogP contribution in [0.15, 0.2) is 59.2 Å². The van der Waals surface area contributed by atoms with Crippen LogP contribution in [-0.4, -0.2) is 19.3 Å². The summed E-state index contributed by atoms with van der Waals surface area (Å²) >= 11 is 0. The van der Waals surface area contributed by atoms with Gasteiger partial charge in [-0.3, -0.25) is 4.57 Å². The molecule has 0 amide bonds. The van der Waals surface area contributed by atoms with Gasteiger partial charge in [0.2, 0.25) is 0 Å². The Morgan fingerprint density at radius 3 is 2.64 bits per heavy atom. The molecule has 0 saturated carbocycles. The van der Waals surface area contributed by atoms with Crippen LogP contribution >= 0.6 is 7.60 Å². The summed E-state index contributed by atoms with van der Waals surface area (Å²) in [7, 11) is -4.53. The van der Waals surface area contributed by atoms with Crippen LogP contribution in [0.1, 0.15) is 5.56 Å². The molecule has 0 bridgehead atoms. The van der Waals surface area contributed by atoms with Crippen LogP contribution in [0, 0.1) is 0 Å². The lowest BCUT2D eigenvalue weighted by molar-refractivity contribution is 0.387. The van der Waals surface area contributed by atoms with Gasteiger partial charge in [-0.2, -0.15) is 0 Å². The second kappa shape index (κ2) is 6.83. The van der Waals surface area contributed by atoms with E-state index >= 15 is 0 Å². The first-order valence-corrected chi connectivity index (χ1v) is 10.2. The molecule has 8 nitrogen and oxygen atoms in total. The van der Waals surface area contributed by atoms with Gasteiger partial charge in [-0.05, 0) is 42.3 Å². The Balaban J connectivity index is 1.85. The fourth-order valence-corrected chi connectivity index (χ4v) is 3.93. The van der Waals surface area contributed by atoms with Crippen LogP contribution in [-0.2, 0) is 17.5 Å². The highest BCUT2D eigenvalue weighted by atomic mass is 31.2. The highest BCUT2D eigenvalue weighted by Gasteiger charge is 2.28. The molecule has 0 atom stereocenters. The number of furan rings is 1. The lowest BCUT2D eigenvalue weighted by Crippen LogP contribution is -2.09. The summed E-state index contributed by atoms with van der Waals surface area (Å²) in [6, 6.07) is 14.2. The third-order valence-corrected chi connectivity index (χ3v) is 5.53. The van der Waals surface area contributed by atoms with Crippen LogP contribution in [0.5, 0.6) is 0 Å². The summed E-state index contributed by atoms with van der Waals surface area (Å²) in [4.78, 5) is 23.8. The van der Waals surface area contributed by atoms with E-state index in [1.165, 1.54) is 12.3 Å². The number of fused-ring (bicyclic) bond motifs is 1. The minimum Gasteiger partial charge on any atom is -0.460 e. The highest BCUT2D eigenvalue weighted by Crippen LogP contribution is 2.39. The van der Waals surface area contributed by atoms with Gasteiger partial charge in [0.15, 0.2) is 11.6 Å². The van der Waals surface area contributed by atoms with Crippen molar-refractivity contribution >= 4 is 35.3 Å². The standard InChI is InChI=1S/C19H19N4O4P/c20-13-4-1-3-12(11-13)7-9-23-15-6-2-5-14(21)17(15)22-19(23)18-16(8-10-27-18)28(24,25)26/h1-6,8,10-11H,7,9,20-21H2,(H2,24,25,26). The van der Waals surface area contributed by atoms with Gasteiger partial charge in [-0.1, -0.05) is 18.2 Å². The van der Waals surface area contributed by atoms with Crippen molar-refractivity contribution in [3.8, 4) is 11.6 Å². The molecule has 4 rings (SSSR count). The fraction of sp³-hybridized carbons (Fsp3) is 0.105. The van der Waals surface area contributed by atoms with E-state index in [9.17, 15) is 14.4 Å². The first kappa shape index (κ1) is 18.3. The quantitative estimate of drug-likeness (QED) is 0.299. The summed E-state index contributed by atoms with van der Waals surface area (Å²) in [6.45, 7) is 0.500. The number of nitrogens with zero attached hydrogens (tertiary/aromatic N) is 2. The van der Waals surface area contributed by atoms with Crippen LogP contribution in [0.3, 0.4) is 0 Å². The van der Waals surface area contributed by atoms with Gasteiger partial charge in [0.25, 0.3) is 0 Å². The summed E-state index contributed by atoms with van der Waals surface area (Å²) < 4.78 is 19.1. The molecule has 0 aliphatic heterocycles. The van der Waals surface area contributed by atoms with Crippen LogP contribution in [0.4, 0.5) is 11.4 Å². The predicted molar refractivity (Wildman–Crippen MR) is 108 cm³/mol. The van der Waals surface area contributed by atoms with Crippen molar-refractivity contribution in [3.05, 3.63) is 60.4 Å². The van der Waals surface area contributed by atoms with Crippen LogP contribution in [0.2, 0.25) is 0 Å². The molecular weight excluding hydrogens is 379 g/mol. The average molecular weight is 398 g/mol. The van der Waals surface area contributed by atoms with Crippen LogP contribution in [0.25, 0.3) is 22.6 Å². The molecule has 0 spiro atoms. The molecule has 0 radical (unpaired) electrons. The number of nitrogens with two attached hydrogens (primary N) is 2. The Morgan fingerprint density at radius 1 is 1.11 bits per heavy atom. The molecule has 4 aromatic rings. The van der Waals surface area contributed by atoms with Gasteiger partial charge in [0.05, 0.1) is 17.5 Å². The maximum absolute atomic E-state index is 11.9. The Morgan fingerprint density at radius 2 is 1.89 bits per heavy atom. The van der Waals surface area contributed by atoms with Crippen molar-refractivity contribution in [3.63, 3.8) is 0 Å². The maximum Gasteiger partial charge on any atom is 0.360 e. The summed E-state index contributed by atoms with van der Waals surface area (Å²) in [5, 5.41) is -0.202. The van der Waals surface area contributed by atoms with Crippen molar-refractivity contribution in [2.24, 2.45) is 0 Å². The molecule has 0 aliphatic carbocycles. The number of anilines is 2. The molecule has 28 heavy (non-hydrogen) atoms. The molecule has 2 heterocycles. The Hall–Kier alpha value is -3.06. The van der Waals surface area contributed by atoms with Gasteiger partial charge < -0.3 is 30.2 Å². The zero-order valence-electron chi connectivity index (χ0n) is 14.8. The largest absolute Gasteiger partial charge is 0.460 e. The van der Waals surface area contributed by atoms with E-state index < -0.39 is 7.60 Å². The van der Waals surface area contributed by atoms with Crippen LogP contribution < -0.4 is 16.8 Å². The maximum atomic E-state index is 11.9. The normalized spacial score (nSPS) is 11.9. The number of hydrogen-bond donors (Lipinski definition) is 4. The molecule has 6 N–H and O–H groups in total. The molecule has 144 valence electrons. The Labute approximate surface area is 160 Å². The number of hydrogen-bond acceptors (Lipinski definition) is 5. The number of imidazole rings is 1. The van der Waals surface area contributed by atoms with E-state index in [0.29, 0.717) is 35.7 Å². The van der Waals surface area contributed by atoms with Crippen molar-refractivity contribution in [2.45, 2.75) is 13.0 Å². The van der Waals surface area contributed by atoms with E-state index in [-0.39, 0.29) is 11.1 Å². The SMILES string of the molecule is Nc1cccc(CCn2c(-c3occc3P(=O)(O)O)nc3c(N)cccc32)c1. The number of aryl methyl sites for hydroxylation is 2. The van der Waals surface area contributed by atoms with Gasteiger partial charge in [-0.15, -0.1) is 0 Å². The first-order valence-electron chi connectivity index (χ1n) is 8.57. The smallest absolute Gasteiger partial charge is 0.360 e. The number of benzene rings is 2. The van der Waals surface area contributed by atoms with E-state index in [4.69, 9.17) is 15.9 Å². The fourth-order valence-electron chi connectivity index (χ4n) is 3.26. The Kier molecular flexibility index (Phi) is 4.47. The van der Waals surface area contributed by atoms with Crippen molar-refractivity contribution < 1.29 is 18.8 Å². The van der Waals surface area contributed by atoms with Gasteiger partial charge in [0, 0.05) is 12.2 Å². The molecule has 0 unspecified atom stereocenters. The van der Waals surface area contributed by atoms with E-state index in [1.54, 1.807) is 6.07 Å². The number of rotatable bonds is 5. The minimum atomic E-state index is -4.53. The molecule has 0 fully saturated rings. The molecule has 0 aliphatic rings. The summed E-state index contributed by atoms with van der Waals surface area (Å²) in [6.07, 6.45) is 1.89. The monoisotopic (exact) mass is 398 g/mol. The van der Waals surface area contributed by atoms with Crippen molar-refractivity contribution in [1.29, 1.82) is 0 Å². The first-order chi connectivity index (χ1) is 13.3. The third kappa shape index (κ3) is 3.29. The second-order valence-electron chi connectivity index (χ2n) is 6.48. The Bertz CT molecular complexity index is 1210. The highest BCUT2D eigenvalue weighted by molar-refractivity contribution is 7.60. The summed E-state index contributed by atoms with van der Waals surface area (Å²) in [5.41, 5.74) is 15.4. The third-order valence-electron chi connectivity index (χ3n) is 4.55. The number of nitrogen functional groups attached to an aromatic ring is 2.